The first-order chi connectivity index (χ1) is 18.3. The molecule has 0 spiro atoms. The van der Waals surface area contributed by atoms with E-state index in [-0.39, 0.29) is 40.3 Å². The number of rotatable bonds is 11. The molecule has 2 unspecified atom stereocenters. The number of nitro groups is 1. The third-order valence-electron chi connectivity index (χ3n) is 6.17. The molecule has 0 fully saturated rings. The number of amides is 2. The standard InChI is InChI=1S/C26H31ClN4O7S/c1-16(2)38-25(32)22-18(4)29-26(33)30(23(22)19-9-6-10-20(14-19)31(34)35)13-7-12-28-15-39(36,37)24-17(3)8-5-11-21(24)27/h5-6,8-11,14,16,22-23,28H,7,12-13,15H2,1-4H3. The highest BCUT2D eigenvalue weighted by Crippen LogP contribution is 2.36. The van der Waals surface area contributed by atoms with Crippen molar-refractivity contribution in [1.82, 2.24) is 10.2 Å². The number of benzene rings is 2. The van der Waals surface area contributed by atoms with Gasteiger partial charge < -0.3 is 15.0 Å². The Kier molecular flexibility index (Phi) is 9.81. The SMILES string of the molecule is CC1=NC(=O)N(CCCNCS(=O)(=O)c2c(C)cccc2Cl)C(c2cccc([N+](=O)[O-])c2)C1C(=O)OC(C)C. The lowest BCUT2D eigenvalue weighted by molar-refractivity contribution is -0.385. The fraction of sp³-hybridized carbons (Fsp3) is 0.423. The molecule has 0 aromatic heterocycles. The number of hydrogen-bond donors (Lipinski definition) is 1. The van der Waals surface area contributed by atoms with Crippen LogP contribution in [0.5, 0.6) is 0 Å². The number of ether oxygens (including phenoxy) is 1. The number of sulfone groups is 1. The van der Waals surface area contributed by atoms with Gasteiger partial charge in [0.15, 0.2) is 9.84 Å². The van der Waals surface area contributed by atoms with Crippen LogP contribution >= 0.6 is 11.6 Å². The molecule has 0 bridgehead atoms. The fourth-order valence-electron chi connectivity index (χ4n) is 4.51. The van der Waals surface area contributed by atoms with Crippen LogP contribution in [0.25, 0.3) is 0 Å². The molecule has 2 aromatic rings. The third-order valence-corrected chi connectivity index (χ3v) is 8.34. The number of urea groups is 1. The fourth-order valence-corrected chi connectivity index (χ4v) is 6.57. The molecule has 210 valence electrons. The second kappa shape index (κ2) is 12.7. The zero-order chi connectivity index (χ0) is 28.9. The van der Waals surface area contributed by atoms with Gasteiger partial charge in [0.1, 0.15) is 11.8 Å². The van der Waals surface area contributed by atoms with Gasteiger partial charge in [-0.2, -0.15) is 0 Å². The smallest absolute Gasteiger partial charge is 0.344 e. The van der Waals surface area contributed by atoms with Crippen LogP contribution in [0, 0.1) is 23.0 Å². The molecule has 13 heteroatoms. The summed E-state index contributed by atoms with van der Waals surface area (Å²) in [6.45, 7) is 6.93. The maximum absolute atomic E-state index is 13.1. The minimum Gasteiger partial charge on any atom is -0.462 e. The maximum Gasteiger partial charge on any atom is 0.344 e. The topological polar surface area (TPSA) is 148 Å². The molecule has 0 saturated carbocycles. The lowest BCUT2D eigenvalue weighted by Crippen LogP contribution is -2.48. The van der Waals surface area contributed by atoms with Crippen molar-refractivity contribution in [3.63, 3.8) is 0 Å². The summed E-state index contributed by atoms with van der Waals surface area (Å²) in [4.78, 5) is 42.4. The highest BCUT2D eigenvalue weighted by atomic mass is 35.5. The van der Waals surface area contributed by atoms with Gasteiger partial charge in [-0.05, 0) is 57.9 Å². The number of non-ortho nitro benzene ring substituents is 1. The van der Waals surface area contributed by atoms with Gasteiger partial charge in [0.25, 0.3) is 5.69 Å². The second-order valence-corrected chi connectivity index (χ2v) is 11.8. The number of aryl methyl sites for hydroxylation is 1. The average molecular weight is 579 g/mol. The number of nitrogens with zero attached hydrogens (tertiary/aromatic N) is 3. The average Bonchev–Trinajstić information content (AvgIpc) is 2.83. The minimum absolute atomic E-state index is 0.0624. The summed E-state index contributed by atoms with van der Waals surface area (Å²) in [5.74, 6) is -1.93. The molecule has 11 nitrogen and oxygen atoms in total. The van der Waals surface area contributed by atoms with Crippen molar-refractivity contribution in [2.75, 3.05) is 19.0 Å². The predicted molar refractivity (Wildman–Crippen MR) is 147 cm³/mol. The van der Waals surface area contributed by atoms with Crippen LogP contribution < -0.4 is 5.32 Å². The van der Waals surface area contributed by atoms with Crippen molar-refractivity contribution >= 4 is 44.8 Å². The van der Waals surface area contributed by atoms with Gasteiger partial charge in [0.05, 0.1) is 27.0 Å². The third kappa shape index (κ3) is 7.20. The molecule has 3 rings (SSSR count). The van der Waals surface area contributed by atoms with Crippen LogP contribution in [-0.4, -0.2) is 61.0 Å². The van der Waals surface area contributed by atoms with Crippen molar-refractivity contribution in [3.05, 3.63) is 68.7 Å². The molecule has 0 saturated heterocycles. The summed E-state index contributed by atoms with van der Waals surface area (Å²) in [6, 6.07) is 9.12. The van der Waals surface area contributed by atoms with Crippen molar-refractivity contribution in [1.29, 1.82) is 0 Å². The second-order valence-electron chi connectivity index (χ2n) is 9.49. The number of carbonyl (C=O) groups is 2. The van der Waals surface area contributed by atoms with E-state index >= 15 is 0 Å². The highest BCUT2D eigenvalue weighted by Gasteiger charge is 2.43. The van der Waals surface area contributed by atoms with Crippen molar-refractivity contribution < 1.29 is 27.7 Å². The molecule has 2 aromatic carbocycles. The van der Waals surface area contributed by atoms with Gasteiger partial charge in [0, 0.05) is 24.4 Å². The number of hydrogen-bond acceptors (Lipinski definition) is 8. The van der Waals surface area contributed by atoms with E-state index in [1.165, 1.54) is 29.2 Å². The van der Waals surface area contributed by atoms with Gasteiger partial charge in [-0.25, -0.2) is 18.2 Å². The van der Waals surface area contributed by atoms with E-state index in [9.17, 15) is 28.1 Å². The van der Waals surface area contributed by atoms with E-state index < -0.39 is 44.8 Å². The van der Waals surface area contributed by atoms with Crippen LogP contribution in [0.2, 0.25) is 5.02 Å². The molecule has 2 atom stereocenters. The lowest BCUT2D eigenvalue weighted by atomic mass is 9.86. The summed E-state index contributed by atoms with van der Waals surface area (Å²) >= 11 is 6.12. The van der Waals surface area contributed by atoms with Crippen LogP contribution in [0.15, 0.2) is 52.4 Å². The van der Waals surface area contributed by atoms with Crippen LogP contribution in [0.4, 0.5) is 10.5 Å². The van der Waals surface area contributed by atoms with Gasteiger partial charge in [-0.1, -0.05) is 35.9 Å². The monoisotopic (exact) mass is 578 g/mol. The van der Waals surface area contributed by atoms with Crippen molar-refractivity contribution in [2.45, 2.75) is 51.2 Å². The first kappa shape index (κ1) is 30.2. The van der Waals surface area contributed by atoms with Crippen LogP contribution in [0.1, 0.15) is 44.4 Å². The Morgan fingerprint density at radius 3 is 2.56 bits per heavy atom. The summed E-state index contributed by atoms with van der Waals surface area (Å²) in [7, 11) is -3.71. The van der Waals surface area contributed by atoms with Gasteiger partial charge in [0.2, 0.25) is 0 Å². The number of nitrogens with one attached hydrogen (secondary N) is 1. The molecule has 0 aliphatic carbocycles. The van der Waals surface area contributed by atoms with E-state index in [1.54, 1.807) is 45.9 Å². The van der Waals surface area contributed by atoms with E-state index in [1.807, 2.05) is 0 Å². The quantitative estimate of drug-likeness (QED) is 0.178. The first-order valence-electron chi connectivity index (χ1n) is 12.3. The molecule has 1 aliphatic rings. The van der Waals surface area contributed by atoms with Crippen molar-refractivity contribution in [3.8, 4) is 0 Å². The summed E-state index contributed by atoms with van der Waals surface area (Å²) < 4.78 is 31.1. The van der Waals surface area contributed by atoms with Gasteiger partial charge in [-0.15, -0.1) is 0 Å². The predicted octanol–water partition coefficient (Wildman–Crippen LogP) is 4.47. The number of halogens is 1. The molecular weight excluding hydrogens is 548 g/mol. The normalized spacial score (nSPS) is 17.7. The van der Waals surface area contributed by atoms with Crippen LogP contribution in [0.3, 0.4) is 0 Å². The van der Waals surface area contributed by atoms with E-state index in [2.05, 4.69) is 10.3 Å². The number of aliphatic imine (C=N–C) groups is 1. The Bertz CT molecular complexity index is 1370. The maximum atomic E-state index is 13.1. The highest BCUT2D eigenvalue weighted by molar-refractivity contribution is 7.91. The van der Waals surface area contributed by atoms with Crippen molar-refractivity contribution in [2.24, 2.45) is 10.9 Å². The zero-order valence-electron chi connectivity index (χ0n) is 22.1. The number of nitro benzene ring substituents is 1. The molecule has 0 radical (unpaired) electrons. The molecule has 1 aliphatic heterocycles. The summed E-state index contributed by atoms with van der Waals surface area (Å²) in [5.41, 5.74) is 0.994. The van der Waals surface area contributed by atoms with Gasteiger partial charge in [-0.3, -0.25) is 14.9 Å². The molecule has 1 heterocycles. The number of carbonyl (C=O) groups excluding carboxylic acids is 2. The molecule has 39 heavy (non-hydrogen) atoms. The largest absolute Gasteiger partial charge is 0.462 e. The number of esters is 1. The molecule has 2 amide bonds. The van der Waals surface area contributed by atoms with Gasteiger partial charge >= 0.3 is 12.0 Å². The van der Waals surface area contributed by atoms with E-state index in [0.717, 1.165) is 0 Å². The Morgan fingerprint density at radius 1 is 1.23 bits per heavy atom. The Morgan fingerprint density at radius 2 is 1.92 bits per heavy atom. The van der Waals surface area contributed by atoms with Crippen LogP contribution in [-0.2, 0) is 19.4 Å². The Balaban J connectivity index is 1.80. The molecular formula is C26H31ClN4O7S. The summed E-state index contributed by atoms with van der Waals surface area (Å²) in [5, 5.41) is 14.4. The minimum atomic E-state index is -3.71. The Hall–Kier alpha value is -3.35. The summed E-state index contributed by atoms with van der Waals surface area (Å²) in [6.07, 6.45) is -0.107. The first-order valence-corrected chi connectivity index (χ1v) is 14.4. The van der Waals surface area contributed by atoms with E-state index in [0.29, 0.717) is 17.5 Å². The molecule has 1 N–H and O–H groups in total. The zero-order valence-corrected chi connectivity index (χ0v) is 23.7. The van der Waals surface area contributed by atoms with E-state index in [4.69, 9.17) is 16.3 Å². The Labute approximate surface area is 232 Å². The lowest BCUT2D eigenvalue weighted by Gasteiger charge is -2.38.